The first-order valence-electron chi connectivity index (χ1n) is 8.55. The highest BCUT2D eigenvalue weighted by atomic mass is 16.6. The van der Waals surface area contributed by atoms with Crippen molar-refractivity contribution in [2.45, 2.75) is 25.8 Å². The number of nitrogens with zero attached hydrogens (tertiary/aromatic N) is 4. The Labute approximate surface area is 149 Å². The molecular weight excluding hydrogens is 332 g/mol. The van der Waals surface area contributed by atoms with E-state index in [0.29, 0.717) is 12.2 Å². The Bertz CT molecular complexity index is 1040. The Balaban J connectivity index is 1.89. The van der Waals surface area contributed by atoms with E-state index in [0.717, 1.165) is 24.0 Å². The van der Waals surface area contributed by atoms with Crippen molar-refractivity contribution in [3.8, 4) is 0 Å². The number of aryl methyl sites for hydroxylation is 1. The van der Waals surface area contributed by atoms with E-state index in [-0.39, 0.29) is 11.9 Å². The number of pyridine rings is 1. The maximum absolute atomic E-state index is 12.7. The Morgan fingerprint density at radius 1 is 1.19 bits per heavy atom. The SMILES string of the molecule is Cc1ccc(C2CCCN2c2nc3ccccn3c(=O)c2[N+](=O)[O-])cc1. The Morgan fingerprint density at radius 3 is 2.69 bits per heavy atom. The lowest BCUT2D eigenvalue weighted by atomic mass is 10.0. The van der Waals surface area contributed by atoms with Crippen LogP contribution in [0.2, 0.25) is 0 Å². The second-order valence-electron chi connectivity index (χ2n) is 6.54. The molecule has 1 aromatic carbocycles. The molecule has 7 heteroatoms. The van der Waals surface area contributed by atoms with E-state index in [4.69, 9.17) is 0 Å². The van der Waals surface area contributed by atoms with E-state index in [9.17, 15) is 14.9 Å². The number of hydrogen-bond acceptors (Lipinski definition) is 5. The van der Waals surface area contributed by atoms with Crippen molar-refractivity contribution in [3.05, 3.63) is 80.3 Å². The predicted octanol–water partition coefficient (Wildman–Crippen LogP) is 3.25. The van der Waals surface area contributed by atoms with Crippen LogP contribution in [0.5, 0.6) is 0 Å². The fourth-order valence-corrected chi connectivity index (χ4v) is 3.58. The summed E-state index contributed by atoms with van der Waals surface area (Å²) < 4.78 is 1.22. The second-order valence-corrected chi connectivity index (χ2v) is 6.54. The molecule has 26 heavy (non-hydrogen) atoms. The van der Waals surface area contributed by atoms with Gasteiger partial charge in [0.25, 0.3) is 0 Å². The molecule has 0 bridgehead atoms. The van der Waals surface area contributed by atoms with Crippen LogP contribution >= 0.6 is 0 Å². The number of hydrogen-bond donors (Lipinski definition) is 0. The summed E-state index contributed by atoms with van der Waals surface area (Å²) in [4.78, 5) is 30.1. The maximum Gasteiger partial charge on any atom is 0.376 e. The fraction of sp³-hybridized carbons (Fsp3) is 0.263. The minimum Gasteiger partial charge on any atom is -0.344 e. The van der Waals surface area contributed by atoms with Crippen LogP contribution in [0.3, 0.4) is 0 Å². The number of rotatable bonds is 3. The topological polar surface area (TPSA) is 80.8 Å². The van der Waals surface area contributed by atoms with Crippen LogP contribution in [0.4, 0.5) is 11.5 Å². The second kappa shape index (κ2) is 6.25. The molecule has 0 amide bonds. The Hall–Kier alpha value is -3.22. The minimum absolute atomic E-state index is 0.0210. The molecule has 7 nitrogen and oxygen atoms in total. The molecule has 0 spiro atoms. The lowest BCUT2D eigenvalue weighted by Gasteiger charge is -2.26. The molecule has 1 atom stereocenters. The first-order chi connectivity index (χ1) is 12.6. The van der Waals surface area contributed by atoms with Crippen molar-refractivity contribution >= 4 is 17.2 Å². The monoisotopic (exact) mass is 350 g/mol. The molecular formula is C19H18N4O3. The van der Waals surface area contributed by atoms with Crippen LogP contribution in [-0.4, -0.2) is 20.9 Å². The van der Waals surface area contributed by atoms with Gasteiger partial charge in [-0.1, -0.05) is 35.9 Å². The highest BCUT2D eigenvalue weighted by molar-refractivity contribution is 5.63. The number of nitro groups is 1. The van der Waals surface area contributed by atoms with E-state index in [1.54, 1.807) is 18.2 Å². The molecule has 1 saturated heterocycles. The quantitative estimate of drug-likeness (QED) is 0.535. The lowest BCUT2D eigenvalue weighted by molar-refractivity contribution is -0.385. The van der Waals surface area contributed by atoms with Crippen LogP contribution in [0.15, 0.2) is 53.5 Å². The summed E-state index contributed by atoms with van der Waals surface area (Å²) in [5, 5.41) is 11.7. The molecule has 132 valence electrons. The number of benzene rings is 1. The fourth-order valence-electron chi connectivity index (χ4n) is 3.58. The first kappa shape index (κ1) is 16.3. The molecule has 0 N–H and O–H groups in total. The van der Waals surface area contributed by atoms with Gasteiger partial charge in [-0.2, -0.15) is 0 Å². The zero-order chi connectivity index (χ0) is 18.3. The third-order valence-electron chi connectivity index (χ3n) is 4.86. The van der Waals surface area contributed by atoms with Crippen molar-refractivity contribution in [1.29, 1.82) is 0 Å². The van der Waals surface area contributed by atoms with Crippen LogP contribution in [0.25, 0.3) is 5.65 Å². The van der Waals surface area contributed by atoms with Crippen molar-refractivity contribution < 1.29 is 4.92 Å². The Morgan fingerprint density at radius 2 is 1.96 bits per heavy atom. The molecule has 1 aliphatic heterocycles. The average Bonchev–Trinajstić information content (AvgIpc) is 3.11. The lowest BCUT2D eigenvalue weighted by Crippen LogP contribution is -2.29. The van der Waals surface area contributed by atoms with Gasteiger partial charge in [-0.3, -0.25) is 19.3 Å². The molecule has 0 aliphatic carbocycles. The minimum atomic E-state index is -0.648. The number of aromatic nitrogens is 2. The van der Waals surface area contributed by atoms with Crippen molar-refractivity contribution in [3.63, 3.8) is 0 Å². The van der Waals surface area contributed by atoms with Crippen LogP contribution in [0.1, 0.15) is 30.0 Å². The number of fused-ring (bicyclic) bond motifs is 1. The molecule has 2 aromatic heterocycles. The van der Waals surface area contributed by atoms with E-state index in [1.165, 1.54) is 10.6 Å². The van der Waals surface area contributed by atoms with Gasteiger partial charge in [0.1, 0.15) is 5.65 Å². The van der Waals surface area contributed by atoms with Gasteiger partial charge in [0.05, 0.1) is 11.0 Å². The maximum atomic E-state index is 12.7. The average molecular weight is 350 g/mol. The smallest absolute Gasteiger partial charge is 0.344 e. The molecule has 4 rings (SSSR count). The van der Waals surface area contributed by atoms with E-state index in [1.807, 2.05) is 36.1 Å². The number of anilines is 1. The van der Waals surface area contributed by atoms with Gasteiger partial charge in [0.2, 0.25) is 5.82 Å². The van der Waals surface area contributed by atoms with Gasteiger partial charge >= 0.3 is 11.2 Å². The van der Waals surface area contributed by atoms with Crippen LogP contribution in [-0.2, 0) is 0 Å². The highest BCUT2D eigenvalue weighted by Gasteiger charge is 2.34. The van der Waals surface area contributed by atoms with Gasteiger partial charge < -0.3 is 4.90 Å². The van der Waals surface area contributed by atoms with Gasteiger partial charge in [-0.05, 0) is 37.5 Å². The van der Waals surface area contributed by atoms with Crippen LogP contribution < -0.4 is 10.5 Å². The third-order valence-corrected chi connectivity index (χ3v) is 4.86. The molecule has 3 heterocycles. The summed E-state index contributed by atoms with van der Waals surface area (Å²) in [6.45, 7) is 2.65. The van der Waals surface area contributed by atoms with Gasteiger partial charge in [0.15, 0.2) is 0 Å². The van der Waals surface area contributed by atoms with E-state index >= 15 is 0 Å². The zero-order valence-corrected chi connectivity index (χ0v) is 14.3. The normalized spacial score (nSPS) is 17.0. The standard InChI is InChI=1S/C19H18N4O3/c1-13-7-9-14(10-8-13)15-5-4-12-21(15)18-17(23(25)26)19(24)22-11-3-2-6-16(22)20-18/h2-3,6-11,15H,4-5,12H2,1H3. The molecule has 0 radical (unpaired) electrons. The van der Waals surface area contributed by atoms with Crippen LogP contribution in [0, 0.1) is 17.0 Å². The summed E-state index contributed by atoms with van der Waals surface area (Å²) in [7, 11) is 0. The van der Waals surface area contributed by atoms with E-state index in [2.05, 4.69) is 4.98 Å². The van der Waals surface area contributed by atoms with Gasteiger partial charge in [0, 0.05) is 12.7 Å². The molecule has 3 aromatic rings. The summed E-state index contributed by atoms with van der Waals surface area (Å²) in [6.07, 6.45) is 3.27. The molecule has 0 saturated carbocycles. The van der Waals surface area contributed by atoms with Crippen molar-refractivity contribution in [1.82, 2.24) is 9.38 Å². The van der Waals surface area contributed by atoms with Gasteiger partial charge in [-0.15, -0.1) is 0 Å². The Kier molecular flexibility index (Phi) is 3.91. The summed E-state index contributed by atoms with van der Waals surface area (Å²) in [5.41, 5.74) is 1.54. The highest BCUT2D eigenvalue weighted by Crippen LogP contribution is 2.38. The zero-order valence-electron chi connectivity index (χ0n) is 14.3. The molecule has 1 aliphatic rings. The van der Waals surface area contributed by atoms with Crippen molar-refractivity contribution in [2.24, 2.45) is 0 Å². The molecule has 1 fully saturated rings. The van der Waals surface area contributed by atoms with Crippen molar-refractivity contribution in [2.75, 3.05) is 11.4 Å². The first-order valence-corrected chi connectivity index (χ1v) is 8.55. The summed E-state index contributed by atoms with van der Waals surface area (Å²) in [5.74, 6) is 0.161. The summed E-state index contributed by atoms with van der Waals surface area (Å²) >= 11 is 0. The van der Waals surface area contributed by atoms with Gasteiger partial charge in [-0.25, -0.2) is 4.98 Å². The van der Waals surface area contributed by atoms with E-state index < -0.39 is 16.2 Å². The third kappa shape index (κ3) is 2.61. The summed E-state index contributed by atoms with van der Waals surface area (Å²) in [6, 6.07) is 13.2. The largest absolute Gasteiger partial charge is 0.376 e. The molecule has 1 unspecified atom stereocenters. The predicted molar refractivity (Wildman–Crippen MR) is 98.6 cm³/mol.